The highest BCUT2D eigenvalue weighted by atomic mass is 32.1. The van der Waals surface area contributed by atoms with Crippen LogP contribution in [-0.4, -0.2) is 16.8 Å². The van der Waals surface area contributed by atoms with Gasteiger partial charge in [0.05, 0.1) is 18.4 Å². The summed E-state index contributed by atoms with van der Waals surface area (Å²) in [7, 11) is 0. The van der Waals surface area contributed by atoms with E-state index in [1.54, 1.807) is 23.5 Å². The van der Waals surface area contributed by atoms with E-state index in [2.05, 4.69) is 22.9 Å². The molecular formula is C21H27N3OS. The predicted octanol–water partition coefficient (Wildman–Crippen LogP) is 4.91. The van der Waals surface area contributed by atoms with Gasteiger partial charge >= 0.3 is 0 Å². The molecule has 0 radical (unpaired) electrons. The average Bonchev–Trinajstić information content (AvgIpc) is 3.18. The van der Waals surface area contributed by atoms with Gasteiger partial charge in [0, 0.05) is 22.6 Å². The molecule has 1 aliphatic heterocycles. The van der Waals surface area contributed by atoms with Gasteiger partial charge in [0.15, 0.2) is 0 Å². The zero-order valence-electron chi connectivity index (χ0n) is 15.3. The first-order chi connectivity index (χ1) is 12.8. The lowest BCUT2D eigenvalue weighted by atomic mass is 9.87. The SMILES string of the molecule is CCC1=C(c2nc(C3CCCCC3)cs2)C(c2ccc(O)cc2)NCN1. The van der Waals surface area contributed by atoms with E-state index in [1.165, 1.54) is 54.6 Å². The predicted molar refractivity (Wildman–Crippen MR) is 107 cm³/mol. The maximum Gasteiger partial charge on any atom is 0.123 e. The molecule has 4 nitrogen and oxygen atoms in total. The van der Waals surface area contributed by atoms with Gasteiger partial charge in [-0.2, -0.15) is 0 Å². The van der Waals surface area contributed by atoms with Crippen LogP contribution in [0.4, 0.5) is 0 Å². The number of aromatic nitrogens is 1. The van der Waals surface area contributed by atoms with Gasteiger partial charge in [-0.25, -0.2) is 4.98 Å². The molecule has 3 N–H and O–H groups in total. The van der Waals surface area contributed by atoms with Gasteiger partial charge < -0.3 is 10.4 Å². The Kier molecular flexibility index (Phi) is 5.27. The third-order valence-electron chi connectivity index (χ3n) is 5.58. The number of thiazole rings is 1. The summed E-state index contributed by atoms with van der Waals surface area (Å²) in [5.74, 6) is 0.939. The first-order valence-corrected chi connectivity index (χ1v) is 10.6. The fourth-order valence-corrected chi connectivity index (χ4v) is 5.15. The lowest BCUT2D eigenvalue weighted by molar-refractivity contribution is 0.437. The smallest absolute Gasteiger partial charge is 0.123 e. The van der Waals surface area contributed by atoms with Gasteiger partial charge in [0.25, 0.3) is 0 Å². The molecule has 26 heavy (non-hydrogen) atoms. The molecule has 0 saturated heterocycles. The molecule has 1 aromatic heterocycles. The standard InChI is InChI=1S/C21H27N3OS/c1-2-17-19(20(23-13-22-17)15-8-10-16(25)11-9-15)21-24-18(12-26-21)14-6-4-3-5-7-14/h8-12,14,20,22-23,25H,2-7,13H2,1H3. The van der Waals surface area contributed by atoms with Crippen molar-refractivity contribution in [2.75, 3.05) is 6.67 Å². The van der Waals surface area contributed by atoms with Crippen LogP contribution in [0.1, 0.15) is 73.7 Å². The van der Waals surface area contributed by atoms with Gasteiger partial charge in [0.1, 0.15) is 10.8 Å². The normalized spacial score (nSPS) is 21.7. The third kappa shape index (κ3) is 3.51. The van der Waals surface area contributed by atoms with Crippen LogP contribution in [0, 0.1) is 0 Å². The van der Waals surface area contributed by atoms with E-state index in [0.29, 0.717) is 11.7 Å². The van der Waals surface area contributed by atoms with E-state index in [9.17, 15) is 5.11 Å². The Morgan fingerprint density at radius 2 is 1.92 bits per heavy atom. The van der Waals surface area contributed by atoms with Crippen LogP contribution in [0.15, 0.2) is 35.3 Å². The average molecular weight is 370 g/mol. The Morgan fingerprint density at radius 3 is 2.65 bits per heavy atom. The molecule has 138 valence electrons. The van der Waals surface area contributed by atoms with E-state index < -0.39 is 0 Å². The number of benzene rings is 1. The summed E-state index contributed by atoms with van der Waals surface area (Å²) >= 11 is 1.77. The van der Waals surface area contributed by atoms with Crippen molar-refractivity contribution in [1.82, 2.24) is 15.6 Å². The number of aromatic hydroxyl groups is 1. The minimum atomic E-state index is 0.108. The van der Waals surface area contributed by atoms with Crippen LogP contribution >= 0.6 is 11.3 Å². The molecule has 1 aliphatic carbocycles. The van der Waals surface area contributed by atoms with Crippen molar-refractivity contribution in [3.05, 3.63) is 51.6 Å². The maximum atomic E-state index is 9.63. The molecule has 1 fully saturated rings. The number of nitrogens with one attached hydrogen (secondary N) is 2. The minimum absolute atomic E-state index is 0.108. The van der Waals surface area contributed by atoms with Crippen molar-refractivity contribution in [1.29, 1.82) is 0 Å². The summed E-state index contributed by atoms with van der Waals surface area (Å²) in [6, 6.07) is 7.63. The Balaban J connectivity index is 1.69. The van der Waals surface area contributed by atoms with Gasteiger partial charge in [0.2, 0.25) is 0 Å². The van der Waals surface area contributed by atoms with Crippen molar-refractivity contribution in [3.63, 3.8) is 0 Å². The monoisotopic (exact) mass is 369 g/mol. The highest BCUT2D eigenvalue weighted by molar-refractivity contribution is 7.10. The highest BCUT2D eigenvalue weighted by Gasteiger charge is 2.28. The largest absolute Gasteiger partial charge is 0.508 e. The lowest BCUT2D eigenvalue weighted by Crippen LogP contribution is -2.38. The van der Waals surface area contributed by atoms with Crippen LogP contribution in [-0.2, 0) is 0 Å². The second-order valence-corrected chi connectivity index (χ2v) is 8.10. The Hall–Kier alpha value is -1.85. The molecule has 1 unspecified atom stereocenters. The summed E-state index contributed by atoms with van der Waals surface area (Å²) in [5, 5.41) is 20.1. The van der Waals surface area contributed by atoms with E-state index in [4.69, 9.17) is 4.98 Å². The molecule has 4 rings (SSSR count). The summed E-state index contributed by atoms with van der Waals surface area (Å²) in [6.45, 7) is 2.94. The molecule has 2 aliphatic rings. The van der Waals surface area contributed by atoms with Crippen LogP contribution in [0.25, 0.3) is 5.57 Å². The number of hydrogen-bond donors (Lipinski definition) is 3. The van der Waals surface area contributed by atoms with Crippen molar-refractivity contribution >= 4 is 16.9 Å². The van der Waals surface area contributed by atoms with Gasteiger partial charge in [-0.15, -0.1) is 11.3 Å². The molecule has 1 aromatic carbocycles. The fourth-order valence-electron chi connectivity index (χ4n) is 4.15. The molecule has 2 aromatic rings. The zero-order chi connectivity index (χ0) is 17.9. The maximum absolute atomic E-state index is 9.63. The summed E-state index contributed by atoms with van der Waals surface area (Å²) in [5.41, 5.74) is 4.98. The second kappa shape index (κ2) is 7.80. The van der Waals surface area contributed by atoms with Crippen LogP contribution in [0.2, 0.25) is 0 Å². The van der Waals surface area contributed by atoms with Crippen molar-refractivity contribution < 1.29 is 5.11 Å². The van der Waals surface area contributed by atoms with E-state index in [-0.39, 0.29) is 6.04 Å². The van der Waals surface area contributed by atoms with Crippen LogP contribution in [0.5, 0.6) is 5.75 Å². The van der Waals surface area contributed by atoms with Gasteiger partial charge in [-0.1, -0.05) is 38.3 Å². The van der Waals surface area contributed by atoms with Crippen molar-refractivity contribution in [2.45, 2.75) is 57.4 Å². The Bertz CT molecular complexity index is 775. The van der Waals surface area contributed by atoms with Gasteiger partial charge in [-0.05, 0) is 37.0 Å². The van der Waals surface area contributed by atoms with Crippen LogP contribution in [0.3, 0.4) is 0 Å². The molecule has 0 spiro atoms. The number of allylic oxidation sites excluding steroid dienone is 1. The number of phenolic OH excluding ortho intramolecular Hbond substituents is 1. The molecular weight excluding hydrogens is 342 g/mol. The highest BCUT2D eigenvalue weighted by Crippen LogP contribution is 2.39. The fraction of sp³-hybridized carbons (Fsp3) is 0.476. The number of nitrogens with zero attached hydrogens (tertiary/aromatic N) is 1. The molecule has 5 heteroatoms. The summed E-state index contributed by atoms with van der Waals surface area (Å²) in [6.07, 6.45) is 7.56. The molecule has 0 bridgehead atoms. The molecule has 2 heterocycles. The number of phenols is 1. The molecule has 1 saturated carbocycles. The lowest BCUT2D eigenvalue weighted by Gasteiger charge is -2.30. The first-order valence-electron chi connectivity index (χ1n) is 9.71. The quantitative estimate of drug-likeness (QED) is 0.717. The number of rotatable bonds is 4. The topological polar surface area (TPSA) is 57.2 Å². The minimum Gasteiger partial charge on any atom is -0.508 e. The molecule has 0 amide bonds. The Morgan fingerprint density at radius 1 is 1.15 bits per heavy atom. The number of hydrogen-bond acceptors (Lipinski definition) is 5. The zero-order valence-corrected chi connectivity index (χ0v) is 16.1. The Labute approximate surface area is 159 Å². The van der Waals surface area contributed by atoms with Crippen molar-refractivity contribution in [3.8, 4) is 5.75 Å². The third-order valence-corrected chi connectivity index (χ3v) is 6.47. The van der Waals surface area contributed by atoms with E-state index >= 15 is 0 Å². The summed E-state index contributed by atoms with van der Waals surface area (Å²) in [4.78, 5) is 5.08. The summed E-state index contributed by atoms with van der Waals surface area (Å²) < 4.78 is 0. The molecule has 1 atom stereocenters. The van der Waals surface area contributed by atoms with E-state index in [0.717, 1.165) is 18.1 Å². The second-order valence-electron chi connectivity index (χ2n) is 7.24. The van der Waals surface area contributed by atoms with Crippen LogP contribution < -0.4 is 10.6 Å². The van der Waals surface area contributed by atoms with Crippen molar-refractivity contribution in [2.24, 2.45) is 0 Å². The van der Waals surface area contributed by atoms with E-state index in [1.807, 2.05) is 12.1 Å². The van der Waals surface area contributed by atoms with Gasteiger partial charge in [-0.3, -0.25) is 5.32 Å². The first kappa shape index (κ1) is 17.6.